The normalized spacial score (nSPS) is 26.5. The summed E-state index contributed by atoms with van der Waals surface area (Å²) in [6.07, 6.45) is 5.73. The third-order valence-corrected chi connectivity index (χ3v) is 9.30. The highest BCUT2D eigenvalue weighted by Gasteiger charge is 2.61. The molecule has 4 bridgehead atoms. The van der Waals surface area contributed by atoms with Gasteiger partial charge in [-0.2, -0.15) is 0 Å². The highest BCUT2D eigenvalue weighted by atomic mass is 16.5. The van der Waals surface area contributed by atoms with Crippen LogP contribution in [0.4, 0.5) is 4.79 Å². The summed E-state index contributed by atoms with van der Waals surface area (Å²) in [5.41, 5.74) is 1.79. The van der Waals surface area contributed by atoms with Gasteiger partial charge in [0.1, 0.15) is 29.5 Å². The molecule has 48 heavy (non-hydrogen) atoms. The Morgan fingerprint density at radius 2 is 1.96 bits per heavy atom. The Morgan fingerprint density at radius 1 is 1.17 bits per heavy atom. The van der Waals surface area contributed by atoms with E-state index >= 15 is 0 Å². The van der Waals surface area contributed by atoms with E-state index in [9.17, 15) is 24.3 Å². The molecule has 3 amide bonds. The Labute approximate surface area is 279 Å². The molecule has 2 aromatic carbocycles. The Morgan fingerprint density at radius 3 is 2.67 bits per heavy atom. The lowest BCUT2D eigenvalue weighted by Gasteiger charge is -2.30. The van der Waals surface area contributed by atoms with E-state index in [2.05, 4.69) is 17.2 Å². The number of nitrogens with zero attached hydrogens (tertiary/aromatic N) is 2. The lowest BCUT2D eigenvalue weighted by atomic mass is 10.0. The number of carbonyl (C=O) groups excluding carboxylic acids is 3. The third kappa shape index (κ3) is 6.62. The van der Waals surface area contributed by atoms with Crippen LogP contribution in [-0.2, 0) is 19.1 Å². The number of benzene rings is 2. The van der Waals surface area contributed by atoms with Crippen molar-refractivity contribution < 1.29 is 33.8 Å². The van der Waals surface area contributed by atoms with Crippen molar-refractivity contribution in [3.05, 3.63) is 78.9 Å². The smallest absolute Gasteiger partial charge is 0.407 e. The fourth-order valence-electron chi connectivity index (χ4n) is 6.49. The number of carboxylic acid groups (broad SMARTS) is 1. The standard InChI is InChI=1S/C37H40N4O7/c1-4-25-20-37(25,35(44)45)40-33(42)30-18-26-21-41(30)34(43)32(22(2)3)39-36(46)47-16-10-6-7-11-23-14-15-28-27(17-23)31(48-26)19-29(38-28)24-12-8-5-9-13-24/h4-5,7-9,11-15,17,19,22,25-26,30,32H,1,6,10,16,18,20-21H2,2-3H3,(H,39,46)(H,40,42)(H,44,45)/b11-7+/t25-,26+,30-,32-,37+/m0/s1. The quantitative estimate of drug-likeness (QED) is 0.317. The first-order valence-corrected chi connectivity index (χ1v) is 16.3. The average Bonchev–Trinajstić information content (AvgIpc) is 3.64. The van der Waals surface area contributed by atoms with Crippen molar-refractivity contribution in [1.29, 1.82) is 0 Å². The van der Waals surface area contributed by atoms with Gasteiger partial charge >= 0.3 is 12.1 Å². The molecule has 2 fully saturated rings. The topological polar surface area (TPSA) is 147 Å². The molecule has 1 saturated carbocycles. The Hall–Kier alpha value is -5.19. The number of cyclic esters (lactones) is 1. The number of nitrogens with one attached hydrogen (secondary N) is 2. The maximum Gasteiger partial charge on any atom is 0.407 e. The lowest BCUT2D eigenvalue weighted by Crippen LogP contribution is -2.57. The van der Waals surface area contributed by atoms with Gasteiger partial charge < -0.3 is 30.1 Å². The number of pyridine rings is 1. The summed E-state index contributed by atoms with van der Waals surface area (Å²) in [7, 11) is 0. The van der Waals surface area contributed by atoms with Gasteiger partial charge in [-0.1, -0.05) is 68.5 Å². The molecule has 5 atom stereocenters. The van der Waals surface area contributed by atoms with Crippen LogP contribution < -0.4 is 15.4 Å². The van der Waals surface area contributed by atoms with E-state index in [1.54, 1.807) is 13.8 Å². The molecule has 11 nitrogen and oxygen atoms in total. The predicted molar refractivity (Wildman–Crippen MR) is 180 cm³/mol. The van der Waals surface area contributed by atoms with Crippen molar-refractivity contribution >= 4 is 40.9 Å². The van der Waals surface area contributed by atoms with Gasteiger partial charge in [0.05, 0.1) is 24.4 Å². The first kappa shape index (κ1) is 32.7. The molecule has 3 aromatic rings. The van der Waals surface area contributed by atoms with Crippen LogP contribution in [0.15, 0.2) is 73.3 Å². The summed E-state index contributed by atoms with van der Waals surface area (Å²) in [4.78, 5) is 59.4. The molecule has 1 saturated heterocycles. The number of carboxylic acids is 1. The minimum Gasteiger partial charge on any atom is -0.488 e. The van der Waals surface area contributed by atoms with Crippen LogP contribution in [-0.4, -0.2) is 75.7 Å². The number of fused-ring (bicyclic) bond motifs is 3. The number of alkyl carbamates (subject to hydrolysis) is 1. The summed E-state index contributed by atoms with van der Waals surface area (Å²) >= 11 is 0. The van der Waals surface area contributed by atoms with E-state index in [0.717, 1.165) is 22.0 Å². The van der Waals surface area contributed by atoms with E-state index in [-0.39, 0.29) is 31.9 Å². The largest absolute Gasteiger partial charge is 0.488 e. The number of aliphatic carboxylic acids is 1. The summed E-state index contributed by atoms with van der Waals surface area (Å²) in [6, 6.07) is 15.5. The fraction of sp³-hybridized carbons (Fsp3) is 0.378. The molecule has 0 spiro atoms. The molecule has 3 aliphatic rings. The third-order valence-electron chi connectivity index (χ3n) is 9.30. The monoisotopic (exact) mass is 652 g/mol. The Kier molecular flexibility index (Phi) is 9.21. The average molecular weight is 653 g/mol. The van der Waals surface area contributed by atoms with Crippen molar-refractivity contribution in [2.45, 2.75) is 63.3 Å². The number of hydrogen-bond donors (Lipinski definition) is 3. The molecule has 1 aromatic heterocycles. The van der Waals surface area contributed by atoms with Crippen LogP contribution in [0.1, 0.15) is 45.1 Å². The van der Waals surface area contributed by atoms with Gasteiger partial charge in [0.25, 0.3) is 0 Å². The second-order valence-electron chi connectivity index (χ2n) is 13.0. The molecular weight excluding hydrogens is 612 g/mol. The number of ether oxygens (including phenoxy) is 2. The minimum atomic E-state index is -1.48. The van der Waals surface area contributed by atoms with Gasteiger partial charge in [0, 0.05) is 29.4 Å². The van der Waals surface area contributed by atoms with Crippen molar-refractivity contribution in [2.75, 3.05) is 13.2 Å². The zero-order chi connectivity index (χ0) is 34.0. The number of rotatable bonds is 6. The highest BCUT2D eigenvalue weighted by molar-refractivity contribution is 5.96. The second kappa shape index (κ2) is 13.5. The number of amides is 3. The molecule has 0 unspecified atom stereocenters. The lowest BCUT2D eigenvalue weighted by molar-refractivity contribution is -0.145. The first-order valence-electron chi connectivity index (χ1n) is 16.3. The van der Waals surface area contributed by atoms with E-state index in [1.165, 1.54) is 11.0 Å². The predicted octanol–water partition coefficient (Wildman–Crippen LogP) is 4.95. The van der Waals surface area contributed by atoms with E-state index in [0.29, 0.717) is 24.3 Å². The van der Waals surface area contributed by atoms with Crippen molar-refractivity contribution in [3.63, 3.8) is 0 Å². The van der Waals surface area contributed by atoms with Crippen LogP contribution in [0, 0.1) is 11.8 Å². The van der Waals surface area contributed by atoms with Crippen LogP contribution in [0.5, 0.6) is 5.75 Å². The molecular formula is C37H40N4O7. The molecule has 0 radical (unpaired) electrons. The zero-order valence-corrected chi connectivity index (χ0v) is 27.1. The summed E-state index contributed by atoms with van der Waals surface area (Å²) in [5.74, 6) is -2.46. The number of hydrogen-bond acceptors (Lipinski definition) is 7. The van der Waals surface area contributed by atoms with Gasteiger partial charge in [0.15, 0.2) is 0 Å². The van der Waals surface area contributed by atoms with Crippen LogP contribution in [0.3, 0.4) is 0 Å². The van der Waals surface area contributed by atoms with Crippen molar-refractivity contribution in [1.82, 2.24) is 20.5 Å². The molecule has 1 aliphatic carbocycles. The molecule has 3 heterocycles. The van der Waals surface area contributed by atoms with Crippen LogP contribution in [0.2, 0.25) is 0 Å². The second-order valence-corrected chi connectivity index (χ2v) is 13.0. The van der Waals surface area contributed by atoms with Crippen LogP contribution >= 0.6 is 0 Å². The number of carbonyl (C=O) groups is 4. The first-order chi connectivity index (χ1) is 23.1. The zero-order valence-electron chi connectivity index (χ0n) is 27.1. The summed E-state index contributed by atoms with van der Waals surface area (Å²) in [5, 5.41) is 16.2. The highest BCUT2D eigenvalue weighted by Crippen LogP contribution is 2.45. The molecule has 11 heteroatoms. The number of allylic oxidation sites excluding steroid dienone is 1. The van der Waals surface area contributed by atoms with Gasteiger partial charge in [0.2, 0.25) is 11.8 Å². The Bertz CT molecular complexity index is 1770. The summed E-state index contributed by atoms with van der Waals surface area (Å²) in [6.45, 7) is 7.49. The van der Waals surface area contributed by atoms with Crippen LogP contribution in [0.25, 0.3) is 28.2 Å². The maximum absolute atomic E-state index is 14.2. The maximum atomic E-state index is 14.2. The van der Waals surface area contributed by atoms with Gasteiger partial charge in [-0.25, -0.2) is 14.6 Å². The Balaban J connectivity index is 1.40. The van der Waals surface area contributed by atoms with Gasteiger partial charge in [-0.05, 0) is 42.9 Å². The summed E-state index contributed by atoms with van der Waals surface area (Å²) < 4.78 is 12.1. The minimum absolute atomic E-state index is 0.0336. The SMILES string of the molecule is C=C[C@H]1C[C@]1(NC(=O)[C@@H]1C[C@@H]2CN1C(=O)[C@H](C(C)C)NC(=O)OCCC/C=C/c1ccc3nc(-c4ccccc4)cc(c3c1)O2)C(=O)O. The van der Waals surface area contributed by atoms with Gasteiger partial charge in [-0.3, -0.25) is 9.59 Å². The molecule has 6 rings (SSSR count). The molecule has 250 valence electrons. The van der Waals surface area contributed by atoms with E-state index in [1.807, 2.05) is 66.7 Å². The molecule has 2 aliphatic heterocycles. The van der Waals surface area contributed by atoms with E-state index < -0.39 is 53.5 Å². The number of aromatic nitrogens is 1. The van der Waals surface area contributed by atoms with Crippen molar-refractivity contribution in [3.8, 4) is 17.0 Å². The molecule has 3 N–H and O–H groups in total. The van der Waals surface area contributed by atoms with E-state index in [4.69, 9.17) is 14.5 Å². The van der Waals surface area contributed by atoms with Crippen molar-refractivity contribution in [2.24, 2.45) is 11.8 Å². The fourth-order valence-corrected chi connectivity index (χ4v) is 6.49. The van der Waals surface area contributed by atoms with Gasteiger partial charge in [-0.15, -0.1) is 6.58 Å².